The van der Waals surface area contributed by atoms with Crippen LogP contribution in [0.1, 0.15) is 23.5 Å². The van der Waals surface area contributed by atoms with Crippen molar-refractivity contribution in [2.45, 2.75) is 18.4 Å². The Hall–Kier alpha value is -2.86. The minimum absolute atomic E-state index is 0.187. The average Bonchev–Trinajstić information content (AvgIpc) is 3.18. The molecule has 0 spiro atoms. The molecule has 1 aliphatic heterocycles. The Kier molecular flexibility index (Phi) is 3.64. The van der Waals surface area contributed by atoms with E-state index in [-0.39, 0.29) is 5.91 Å². The fourth-order valence-electron chi connectivity index (χ4n) is 3.29. The average molecular weight is 360 g/mol. The second-order valence-corrected chi connectivity index (χ2v) is 7.51. The summed E-state index contributed by atoms with van der Waals surface area (Å²) >= 11 is 1.41. The molecule has 3 aromatic rings. The van der Waals surface area contributed by atoms with Crippen LogP contribution in [0.25, 0.3) is 17.1 Å². The maximum atomic E-state index is 12.3. The Labute approximate surface area is 154 Å². The maximum Gasteiger partial charge on any atom is 0.286 e. The molecule has 5 nitrogen and oxygen atoms in total. The van der Waals surface area contributed by atoms with Crippen LogP contribution < -0.4 is 5.32 Å². The lowest BCUT2D eigenvalue weighted by atomic mass is 10.1. The Morgan fingerprint density at radius 3 is 2.96 bits per heavy atom. The van der Waals surface area contributed by atoms with Crippen LogP contribution in [0, 0.1) is 0 Å². The lowest BCUT2D eigenvalue weighted by molar-refractivity contribution is -0.113. The number of aromatic amines is 1. The molecular formula is C20H16N4OS. The molecule has 0 saturated heterocycles. The summed E-state index contributed by atoms with van der Waals surface area (Å²) in [6.45, 7) is 0. The van der Waals surface area contributed by atoms with Gasteiger partial charge in [0.25, 0.3) is 5.91 Å². The SMILES string of the molecule is O=C1N=C(N[C@H]2C[C@@H]2c2ccccc2)S/C1=C\c1c[nH]c2ncccc12. The number of amidine groups is 1. The zero-order valence-corrected chi connectivity index (χ0v) is 14.7. The van der Waals surface area contributed by atoms with E-state index in [1.807, 2.05) is 30.5 Å². The first kappa shape index (κ1) is 15.4. The van der Waals surface area contributed by atoms with Crippen molar-refractivity contribution in [2.75, 3.05) is 0 Å². The standard InChI is InChI=1S/C20H16N4OS/c25-19-17(9-13-11-22-18-14(13)7-4-8-21-18)26-20(24-19)23-16-10-15(16)12-5-2-1-3-6-12/h1-9,11,15-16H,10H2,(H,21,22)(H,23,24,25)/b17-9-/t15-,16+/m1/s1. The van der Waals surface area contributed by atoms with Crippen molar-refractivity contribution in [1.29, 1.82) is 0 Å². The van der Waals surface area contributed by atoms with Gasteiger partial charge in [-0.15, -0.1) is 0 Å². The number of thioether (sulfide) groups is 1. The predicted molar refractivity (Wildman–Crippen MR) is 105 cm³/mol. The molecule has 0 bridgehead atoms. The summed E-state index contributed by atoms with van der Waals surface area (Å²) in [5.74, 6) is 0.315. The van der Waals surface area contributed by atoms with Crippen LogP contribution in [0.4, 0.5) is 0 Å². The highest BCUT2D eigenvalue weighted by molar-refractivity contribution is 8.18. The van der Waals surface area contributed by atoms with Crippen LogP contribution in [-0.4, -0.2) is 27.1 Å². The molecule has 2 N–H and O–H groups in total. The first-order valence-electron chi connectivity index (χ1n) is 8.54. The van der Waals surface area contributed by atoms with Crippen LogP contribution in [0.2, 0.25) is 0 Å². The van der Waals surface area contributed by atoms with E-state index in [4.69, 9.17) is 0 Å². The van der Waals surface area contributed by atoms with E-state index in [1.54, 1.807) is 6.20 Å². The number of rotatable bonds is 3. The number of H-pyrrole nitrogens is 1. The van der Waals surface area contributed by atoms with Crippen LogP contribution >= 0.6 is 11.8 Å². The van der Waals surface area contributed by atoms with Gasteiger partial charge in [0, 0.05) is 35.3 Å². The van der Waals surface area contributed by atoms with Crippen molar-refractivity contribution < 1.29 is 4.79 Å². The topological polar surface area (TPSA) is 70.1 Å². The highest BCUT2D eigenvalue weighted by Crippen LogP contribution is 2.42. The molecule has 1 fully saturated rings. The smallest absolute Gasteiger partial charge is 0.286 e. The minimum Gasteiger partial charge on any atom is -0.361 e. The van der Waals surface area contributed by atoms with Crippen molar-refractivity contribution in [2.24, 2.45) is 4.99 Å². The van der Waals surface area contributed by atoms with Gasteiger partial charge in [-0.3, -0.25) is 4.79 Å². The summed E-state index contributed by atoms with van der Waals surface area (Å²) in [7, 11) is 0. The largest absolute Gasteiger partial charge is 0.361 e. The highest BCUT2D eigenvalue weighted by Gasteiger charge is 2.40. The number of benzene rings is 1. The number of nitrogens with zero attached hydrogens (tertiary/aromatic N) is 2. The van der Waals surface area contributed by atoms with Gasteiger partial charge in [0.2, 0.25) is 0 Å². The monoisotopic (exact) mass is 360 g/mol. The molecule has 1 amide bonds. The van der Waals surface area contributed by atoms with Gasteiger partial charge in [0.1, 0.15) is 5.65 Å². The minimum atomic E-state index is -0.187. The number of carbonyl (C=O) groups excluding carboxylic acids is 1. The summed E-state index contributed by atoms with van der Waals surface area (Å²) in [6, 6.07) is 14.7. The summed E-state index contributed by atoms with van der Waals surface area (Å²) in [6.07, 6.45) is 6.57. The zero-order valence-electron chi connectivity index (χ0n) is 13.8. The lowest BCUT2D eigenvalue weighted by Crippen LogP contribution is -2.22. The van der Waals surface area contributed by atoms with Crippen molar-refractivity contribution in [3.63, 3.8) is 0 Å². The van der Waals surface area contributed by atoms with Gasteiger partial charge in [0.15, 0.2) is 5.17 Å². The third-order valence-corrected chi connectivity index (χ3v) is 5.63. The first-order chi connectivity index (χ1) is 12.8. The molecule has 3 heterocycles. The molecule has 5 rings (SSSR count). The molecule has 1 aromatic carbocycles. The predicted octanol–water partition coefficient (Wildman–Crippen LogP) is 3.68. The van der Waals surface area contributed by atoms with E-state index in [9.17, 15) is 4.79 Å². The van der Waals surface area contributed by atoms with Crippen molar-refractivity contribution in [1.82, 2.24) is 15.3 Å². The molecule has 6 heteroatoms. The second-order valence-electron chi connectivity index (χ2n) is 6.48. The fraction of sp³-hybridized carbons (Fsp3) is 0.150. The van der Waals surface area contributed by atoms with Gasteiger partial charge in [-0.05, 0) is 42.0 Å². The molecule has 1 saturated carbocycles. The van der Waals surface area contributed by atoms with E-state index in [0.29, 0.717) is 22.0 Å². The molecule has 26 heavy (non-hydrogen) atoms. The van der Waals surface area contributed by atoms with E-state index >= 15 is 0 Å². The zero-order chi connectivity index (χ0) is 17.5. The molecule has 2 aliphatic rings. The van der Waals surface area contributed by atoms with Gasteiger partial charge in [-0.2, -0.15) is 4.99 Å². The quantitative estimate of drug-likeness (QED) is 0.699. The number of aromatic nitrogens is 2. The molecule has 1 aliphatic carbocycles. The van der Waals surface area contributed by atoms with Crippen LogP contribution in [0.3, 0.4) is 0 Å². The molecule has 128 valence electrons. The normalized spacial score (nSPS) is 23.5. The van der Waals surface area contributed by atoms with Crippen molar-refractivity contribution in [3.8, 4) is 0 Å². The lowest BCUT2D eigenvalue weighted by Gasteiger charge is -2.04. The molecule has 0 unspecified atom stereocenters. The number of fused-ring (bicyclic) bond motifs is 1. The summed E-state index contributed by atoms with van der Waals surface area (Å²) in [5, 5.41) is 5.11. The van der Waals surface area contributed by atoms with E-state index in [0.717, 1.165) is 23.0 Å². The number of amides is 1. The molecular weight excluding hydrogens is 344 g/mol. The number of aliphatic imine (C=N–C) groups is 1. The Morgan fingerprint density at radius 1 is 1.19 bits per heavy atom. The van der Waals surface area contributed by atoms with Crippen molar-refractivity contribution >= 4 is 39.9 Å². The second kappa shape index (κ2) is 6.14. The molecule has 2 aromatic heterocycles. The van der Waals surface area contributed by atoms with Gasteiger partial charge >= 0.3 is 0 Å². The third-order valence-electron chi connectivity index (χ3n) is 4.72. The van der Waals surface area contributed by atoms with Crippen LogP contribution in [-0.2, 0) is 4.79 Å². The number of carbonyl (C=O) groups is 1. The number of hydrogen-bond acceptors (Lipinski definition) is 4. The number of hydrogen-bond donors (Lipinski definition) is 2. The summed E-state index contributed by atoms with van der Waals surface area (Å²) in [4.78, 5) is 24.5. The van der Waals surface area contributed by atoms with Gasteiger partial charge in [0.05, 0.1) is 4.91 Å². The van der Waals surface area contributed by atoms with Crippen LogP contribution in [0.15, 0.2) is 64.8 Å². The van der Waals surface area contributed by atoms with Gasteiger partial charge < -0.3 is 10.3 Å². The Morgan fingerprint density at radius 2 is 2.08 bits per heavy atom. The first-order valence-corrected chi connectivity index (χ1v) is 9.36. The van der Waals surface area contributed by atoms with E-state index in [1.165, 1.54) is 17.3 Å². The Bertz CT molecular complexity index is 1050. The summed E-state index contributed by atoms with van der Waals surface area (Å²) < 4.78 is 0. The molecule has 2 atom stereocenters. The maximum absolute atomic E-state index is 12.3. The highest BCUT2D eigenvalue weighted by atomic mass is 32.2. The van der Waals surface area contributed by atoms with Gasteiger partial charge in [-0.1, -0.05) is 30.3 Å². The Balaban J connectivity index is 1.29. The molecule has 0 radical (unpaired) electrons. The number of pyridine rings is 1. The van der Waals surface area contributed by atoms with Crippen LogP contribution in [0.5, 0.6) is 0 Å². The number of nitrogens with one attached hydrogen (secondary N) is 2. The van der Waals surface area contributed by atoms with E-state index in [2.05, 4.69) is 44.5 Å². The summed E-state index contributed by atoms with van der Waals surface area (Å²) in [5.41, 5.74) is 3.11. The fourth-order valence-corrected chi connectivity index (χ4v) is 4.16. The van der Waals surface area contributed by atoms with Gasteiger partial charge in [-0.25, -0.2) is 4.98 Å². The van der Waals surface area contributed by atoms with E-state index < -0.39 is 0 Å². The van der Waals surface area contributed by atoms with Crippen molar-refractivity contribution in [3.05, 3.63) is 70.9 Å². The third kappa shape index (κ3) is 2.82.